The van der Waals surface area contributed by atoms with Gasteiger partial charge in [-0.15, -0.1) is 4.40 Å². The quantitative estimate of drug-likeness (QED) is 0.323. The molecule has 0 bridgehead atoms. The lowest BCUT2D eigenvalue weighted by Crippen LogP contribution is -2.41. The number of hydrogen-bond donors (Lipinski definition) is 1. The second-order valence-corrected chi connectivity index (χ2v) is 8.04. The summed E-state index contributed by atoms with van der Waals surface area (Å²) in [6.07, 6.45) is -9.75. The third-order valence-corrected chi connectivity index (χ3v) is 4.35. The van der Waals surface area contributed by atoms with Crippen molar-refractivity contribution in [3.8, 4) is 0 Å². The van der Waals surface area contributed by atoms with Crippen molar-refractivity contribution in [3.63, 3.8) is 0 Å². The molecular formula is C15H13F6N5O2S. The van der Waals surface area contributed by atoms with Crippen LogP contribution in [0.15, 0.2) is 32.8 Å². The Hall–Kier alpha value is -2.69. The van der Waals surface area contributed by atoms with Gasteiger partial charge in [-0.3, -0.25) is 0 Å². The standard InChI is InChI=1S/C15H13F6N5O2S/c1-13(7-11(24-26-13)15(19,20)21)12(25-29(3,27)28)23-8-4-5-10(22-2)9(6-8)14(16,17)18/h4-6,11H,7H2,1,3H3,(H,23,25). The molecule has 0 saturated heterocycles. The zero-order valence-corrected chi connectivity index (χ0v) is 15.6. The Bertz CT molecular complexity index is 1010. The summed E-state index contributed by atoms with van der Waals surface area (Å²) in [7, 11) is -4.15. The Morgan fingerprint density at radius 2 is 1.93 bits per heavy atom. The monoisotopic (exact) mass is 441 g/mol. The second kappa shape index (κ2) is 7.29. The average Bonchev–Trinajstić information content (AvgIpc) is 2.96. The first-order valence-corrected chi connectivity index (χ1v) is 9.55. The lowest BCUT2D eigenvalue weighted by Gasteiger charge is -2.24. The van der Waals surface area contributed by atoms with E-state index in [1.165, 1.54) is 0 Å². The first-order chi connectivity index (χ1) is 13.0. The fourth-order valence-electron chi connectivity index (χ4n) is 2.48. The molecule has 1 aliphatic heterocycles. The van der Waals surface area contributed by atoms with Crippen molar-refractivity contribution in [3.05, 3.63) is 35.2 Å². The first kappa shape index (κ1) is 22.6. The zero-order chi connectivity index (χ0) is 22.3. The van der Waals surface area contributed by atoms with Gasteiger partial charge in [0.2, 0.25) is 0 Å². The highest BCUT2D eigenvalue weighted by Crippen LogP contribution is 2.40. The Morgan fingerprint density at radius 3 is 2.38 bits per heavy atom. The minimum Gasteiger partial charge on any atom is -0.341 e. The van der Waals surface area contributed by atoms with Crippen molar-refractivity contribution in [2.24, 2.45) is 14.6 Å². The molecule has 0 aromatic heterocycles. The van der Waals surface area contributed by atoms with E-state index in [1.54, 1.807) is 0 Å². The van der Waals surface area contributed by atoms with Crippen LogP contribution in [-0.4, -0.2) is 38.3 Å². The van der Waals surface area contributed by atoms with Crippen LogP contribution in [0, 0.1) is 6.57 Å². The van der Waals surface area contributed by atoms with Crippen molar-refractivity contribution >= 4 is 27.2 Å². The second-order valence-electron chi connectivity index (χ2n) is 6.39. The molecule has 1 N–H and O–H groups in total. The third kappa shape index (κ3) is 5.43. The van der Waals surface area contributed by atoms with Gasteiger partial charge in [0.15, 0.2) is 11.7 Å². The van der Waals surface area contributed by atoms with E-state index in [-0.39, 0.29) is 5.69 Å². The number of anilines is 1. The van der Waals surface area contributed by atoms with Crippen molar-refractivity contribution in [2.45, 2.75) is 37.3 Å². The molecule has 0 amide bonds. The van der Waals surface area contributed by atoms with Crippen LogP contribution in [0.4, 0.5) is 37.7 Å². The number of benzene rings is 1. The van der Waals surface area contributed by atoms with E-state index >= 15 is 0 Å². The average molecular weight is 441 g/mol. The summed E-state index contributed by atoms with van der Waals surface area (Å²) < 4.78 is 105. The van der Waals surface area contributed by atoms with E-state index in [0.717, 1.165) is 19.1 Å². The van der Waals surface area contributed by atoms with Gasteiger partial charge in [-0.25, -0.2) is 13.3 Å². The van der Waals surface area contributed by atoms with Gasteiger partial charge in [0.25, 0.3) is 10.0 Å². The number of alkyl halides is 6. The van der Waals surface area contributed by atoms with Gasteiger partial charge in [0.1, 0.15) is 11.4 Å². The van der Waals surface area contributed by atoms with Gasteiger partial charge in [-0.05, 0) is 19.1 Å². The van der Waals surface area contributed by atoms with Gasteiger partial charge in [-0.2, -0.15) is 36.6 Å². The topological polar surface area (TPSA) is 87.6 Å². The SMILES string of the molecule is [C-]#[N+]c1ccc(NC(=NS(C)(=O)=O)C2(C)CC(C(F)(F)F)N=N2)cc1C(F)(F)F. The van der Waals surface area contributed by atoms with Crippen LogP contribution in [0.2, 0.25) is 0 Å². The Labute approximate surface area is 161 Å². The maximum absolute atomic E-state index is 13.1. The lowest BCUT2D eigenvalue weighted by molar-refractivity contribution is -0.147. The van der Waals surface area contributed by atoms with E-state index < -0.39 is 57.5 Å². The molecule has 7 nitrogen and oxygen atoms in total. The fourth-order valence-corrected chi connectivity index (χ4v) is 3.05. The maximum Gasteiger partial charge on any atom is 0.412 e. The molecule has 1 aromatic carbocycles. The molecular weight excluding hydrogens is 428 g/mol. The summed E-state index contributed by atoms with van der Waals surface area (Å²) in [6, 6.07) is 0.195. The normalized spacial score (nSPS) is 23.1. The first-order valence-electron chi connectivity index (χ1n) is 7.70. The van der Waals surface area contributed by atoms with Gasteiger partial charge in [-0.1, -0.05) is 6.07 Å². The summed E-state index contributed by atoms with van der Waals surface area (Å²) in [6.45, 7) is 7.93. The highest BCUT2D eigenvalue weighted by Gasteiger charge is 2.50. The fraction of sp³-hybridized carbons (Fsp3) is 0.467. The van der Waals surface area contributed by atoms with Crippen LogP contribution in [0.1, 0.15) is 18.9 Å². The number of rotatable bonds is 3. The number of sulfonamides is 1. The summed E-state index contributed by atoms with van der Waals surface area (Å²) in [4.78, 5) is 2.76. The van der Waals surface area contributed by atoms with Crippen molar-refractivity contribution in [2.75, 3.05) is 11.6 Å². The number of azo groups is 1. The Morgan fingerprint density at radius 1 is 1.31 bits per heavy atom. The molecule has 29 heavy (non-hydrogen) atoms. The van der Waals surface area contributed by atoms with E-state index in [9.17, 15) is 34.8 Å². The summed E-state index contributed by atoms with van der Waals surface area (Å²) in [5, 5.41) is 8.88. The Balaban J connectivity index is 2.49. The summed E-state index contributed by atoms with van der Waals surface area (Å²) in [5.41, 5.74) is -4.21. The lowest BCUT2D eigenvalue weighted by atomic mass is 9.94. The number of nitrogens with zero attached hydrogens (tertiary/aromatic N) is 4. The minimum absolute atomic E-state index is 0.334. The molecule has 1 heterocycles. The van der Waals surface area contributed by atoms with Crippen LogP contribution in [0.3, 0.4) is 0 Å². The molecule has 1 aliphatic rings. The number of hydrogen-bond acceptors (Lipinski definition) is 4. The molecule has 2 unspecified atom stereocenters. The predicted molar refractivity (Wildman–Crippen MR) is 91.3 cm³/mol. The molecule has 2 rings (SSSR count). The molecule has 0 radical (unpaired) electrons. The number of halogens is 6. The van der Waals surface area contributed by atoms with E-state index in [4.69, 9.17) is 6.57 Å². The molecule has 14 heteroatoms. The summed E-state index contributed by atoms with van der Waals surface area (Å²) in [5.74, 6) is -0.626. The molecule has 2 atom stereocenters. The molecule has 0 saturated carbocycles. The van der Waals surface area contributed by atoms with Crippen LogP contribution in [0.5, 0.6) is 0 Å². The van der Waals surface area contributed by atoms with Crippen LogP contribution in [0.25, 0.3) is 4.85 Å². The van der Waals surface area contributed by atoms with Crippen LogP contribution in [-0.2, 0) is 16.2 Å². The minimum atomic E-state index is -4.88. The molecule has 1 aromatic rings. The van der Waals surface area contributed by atoms with Crippen molar-refractivity contribution in [1.82, 2.24) is 0 Å². The number of amidine groups is 1. The van der Waals surface area contributed by atoms with Crippen LogP contribution < -0.4 is 5.32 Å². The van der Waals surface area contributed by atoms with Gasteiger partial charge in [0, 0.05) is 12.1 Å². The predicted octanol–water partition coefficient (Wildman–Crippen LogP) is 4.57. The van der Waals surface area contributed by atoms with E-state index in [2.05, 4.69) is 24.8 Å². The highest BCUT2D eigenvalue weighted by molar-refractivity contribution is 7.89. The van der Waals surface area contributed by atoms with E-state index in [0.29, 0.717) is 12.3 Å². The molecule has 0 aliphatic carbocycles. The van der Waals surface area contributed by atoms with Gasteiger partial charge < -0.3 is 5.32 Å². The number of nitrogens with one attached hydrogen (secondary N) is 1. The zero-order valence-electron chi connectivity index (χ0n) is 14.8. The van der Waals surface area contributed by atoms with Crippen molar-refractivity contribution < 1.29 is 34.8 Å². The maximum atomic E-state index is 13.1. The van der Waals surface area contributed by atoms with E-state index in [1.807, 2.05) is 0 Å². The summed E-state index contributed by atoms with van der Waals surface area (Å²) >= 11 is 0. The van der Waals surface area contributed by atoms with Crippen LogP contribution >= 0.6 is 0 Å². The molecule has 0 fully saturated rings. The molecule has 0 spiro atoms. The van der Waals surface area contributed by atoms with Crippen molar-refractivity contribution in [1.29, 1.82) is 0 Å². The van der Waals surface area contributed by atoms with Gasteiger partial charge >= 0.3 is 12.4 Å². The highest BCUT2D eigenvalue weighted by atomic mass is 32.2. The molecule has 158 valence electrons. The van der Waals surface area contributed by atoms with Gasteiger partial charge in [0.05, 0.1) is 18.4 Å². The third-order valence-electron chi connectivity index (χ3n) is 3.84. The smallest absolute Gasteiger partial charge is 0.341 e. The Kier molecular flexibility index (Phi) is 5.68. The largest absolute Gasteiger partial charge is 0.412 e.